The number of benzene rings is 2. The summed E-state index contributed by atoms with van der Waals surface area (Å²) in [5, 5.41) is 16.7. The van der Waals surface area contributed by atoms with E-state index < -0.39 is 22.9 Å². The lowest BCUT2D eigenvalue weighted by molar-refractivity contribution is -0.384. The summed E-state index contributed by atoms with van der Waals surface area (Å²) < 4.78 is 10.8. The zero-order valence-corrected chi connectivity index (χ0v) is 16.5. The SMILES string of the molecule is CC(OC(=O)CCNc1ccccc1[N+](=O)[O-])C(=O)NC1CCOc2ccccc21. The van der Waals surface area contributed by atoms with Gasteiger partial charge < -0.3 is 20.1 Å². The summed E-state index contributed by atoms with van der Waals surface area (Å²) >= 11 is 0. The zero-order valence-electron chi connectivity index (χ0n) is 16.5. The monoisotopic (exact) mass is 413 g/mol. The maximum Gasteiger partial charge on any atom is 0.308 e. The van der Waals surface area contributed by atoms with Crippen LogP contribution in [-0.4, -0.2) is 36.1 Å². The van der Waals surface area contributed by atoms with Gasteiger partial charge >= 0.3 is 5.97 Å². The number of nitrogens with zero attached hydrogens (tertiary/aromatic N) is 1. The maximum absolute atomic E-state index is 12.5. The van der Waals surface area contributed by atoms with Gasteiger partial charge in [0.1, 0.15) is 11.4 Å². The van der Waals surface area contributed by atoms with Crippen molar-refractivity contribution < 1.29 is 24.0 Å². The van der Waals surface area contributed by atoms with Crippen LogP contribution in [0.1, 0.15) is 31.4 Å². The van der Waals surface area contributed by atoms with E-state index in [2.05, 4.69) is 10.6 Å². The Morgan fingerprint density at radius 3 is 2.77 bits per heavy atom. The standard InChI is InChI=1S/C21H23N3O6/c1-14(21(26)23-16-11-13-29-19-9-5-2-6-15(16)19)30-20(25)10-12-22-17-7-3-4-8-18(17)24(27)28/h2-9,14,16,22H,10-13H2,1H3,(H,23,26). The number of nitro benzene ring substituents is 1. The number of esters is 1. The second kappa shape index (κ2) is 9.73. The van der Waals surface area contributed by atoms with E-state index in [0.717, 1.165) is 11.3 Å². The van der Waals surface area contributed by atoms with Gasteiger partial charge in [-0.05, 0) is 19.1 Å². The molecule has 0 saturated heterocycles. The number of hydrogen-bond acceptors (Lipinski definition) is 7. The molecule has 0 aliphatic carbocycles. The number of amides is 1. The topological polar surface area (TPSA) is 120 Å². The van der Waals surface area contributed by atoms with E-state index in [-0.39, 0.29) is 24.7 Å². The van der Waals surface area contributed by atoms with Crippen LogP contribution in [0.5, 0.6) is 5.75 Å². The molecule has 0 bridgehead atoms. The van der Waals surface area contributed by atoms with Crippen molar-refractivity contribution in [1.29, 1.82) is 0 Å². The highest BCUT2D eigenvalue weighted by Crippen LogP contribution is 2.31. The lowest BCUT2D eigenvalue weighted by Crippen LogP contribution is -2.39. The minimum atomic E-state index is -0.960. The summed E-state index contributed by atoms with van der Waals surface area (Å²) in [6, 6.07) is 13.4. The lowest BCUT2D eigenvalue weighted by atomic mass is 10.0. The fourth-order valence-electron chi connectivity index (χ4n) is 3.17. The number of fused-ring (bicyclic) bond motifs is 1. The largest absolute Gasteiger partial charge is 0.493 e. The van der Waals surface area contributed by atoms with Crippen LogP contribution in [0.25, 0.3) is 0 Å². The van der Waals surface area contributed by atoms with Crippen LogP contribution < -0.4 is 15.4 Å². The molecule has 9 nitrogen and oxygen atoms in total. The van der Waals surface area contributed by atoms with Crippen LogP contribution >= 0.6 is 0 Å². The number of ether oxygens (including phenoxy) is 2. The molecule has 1 aliphatic rings. The number of para-hydroxylation sites is 3. The Hall–Kier alpha value is -3.62. The molecule has 2 N–H and O–H groups in total. The molecule has 0 spiro atoms. The van der Waals surface area contributed by atoms with Gasteiger partial charge in [-0.25, -0.2) is 0 Å². The summed E-state index contributed by atoms with van der Waals surface area (Å²) in [5.74, 6) is -0.229. The number of nitro groups is 1. The van der Waals surface area contributed by atoms with E-state index in [1.165, 1.54) is 13.0 Å². The van der Waals surface area contributed by atoms with Gasteiger partial charge in [-0.15, -0.1) is 0 Å². The van der Waals surface area contributed by atoms with Gasteiger partial charge in [-0.2, -0.15) is 0 Å². The summed E-state index contributed by atoms with van der Waals surface area (Å²) in [7, 11) is 0. The van der Waals surface area contributed by atoms with Crippen molar-refractivity contribution in [3.05, 3.63) is 64.2 Å². The van der Waals surface area contributed by atoms with E-state index in [4.69, 9.17) is 9.47 Å². The Labute approximate surface area is 173 Å². The van der Waals surface area contributed by atoms with Crippen molar-refractivity contribution in [1.82, 2.24) is 5.32 Å². The van der Waals surface area contributed by atoms with E-state index in [0.29, 0.717) is 18.7 Å². The Balaban J connectivity index is 1.47. The van der Waals surface area contributed by atoms with Crippen LogP contribution in [0, 0.1) is 10.1 Å². The van der Waals surface area contributed by atoms with E-state index in [1.807, 2.05) is 24.3 Å². The maximum atomic E-state index is 12.5. The van der Waals surface area contributed by atoms with Crippen LogP contribution in [-0.2, 0) is 14.3 Å². The van der Waals surface area contributed by atoms with Gasteiger partial charge in [-0.1, -0.05) is 30.3 Å². The Bertz CT molecular complexity index is 932. The first-order chi connectivity index (χ1) is 14.5. The summed E-state index contributed by atoms with van der Waals surface area (Å²) in [6.07, 6.45) is -0.369. The van der Waals surface area contributed by atoms with Gasteiger partial charge in [0.15, 0.2) is 6.10 Å². The quantitative estimate of drug-likeness (QED) is 0.388. The smallest absolute Gasteiger partial charge is 0.308 e. The first kappa shape index (κ1) is 21.1. The molecular formula is C21H23N3O6. The van der Waals surface area contributed by atoms with Crippen molar-refractivity contribution in [2.45, 2.75) is 31.9 Å². The molecule has 2 atom stereocenters. The summed E-state index contributed by atoms with van der Waals surface area (Å²) in [4.78, 5) is 35.0. The van der Waals surface area contributed by atoms with Gasteiger partial charge in [0.2, 0.25) is 0 Å². The van der Waals surface area contributed by atoms with Crippen LogP contribution in [0.4, 0.5) is 11.4 Å². The van der Waals surface area contributed by atoms with E-state index in [9.17, 15) is 19.7 Å². The molecule has 30 heavy (non-hydrogen) atoms. The molecule has 3 rings (SSSR count). The average Bonchev–Trinajstić information content (AvgIpc) is 2.74. The number of rotatable bonds is 8. The Morgan fingerprint density at radius 1 is 1.23 bits per heavy atom. The predicted octanol–water partition coefficient (Wildman–Crippen LogP) is 2.97. The highest BCUT2D eigenvalue weighted by atomic mass is 16.6. The first-order valence-corrected chi connectivity index (χ1v) is 9.64. The molecule has 1 aliphatic heterocycles. The van der Waals surface area contributed by atoms with E-state index in [1.54, 1.807) is 18.2 Å². The second-order valence-electron chi connectivity index (χ2n) is 6.82. The molecule has 2 aromatic rings. The molecule has 0 saturated carbocycles. The molecule has 0 fully saturated rings. The first-order valence-electron chi connectivity index (χ1n) is 9.64. The van der Waals surface area contributed by atoms with Gasteiger partial charge in [0.25, 0.3) is 11.6 Å². The fourth-order valence-corrected chi connectivity index (χ4v) is 3.17. The summed E-state index contributed by atoms with van der Waals surface area (Å²) in [6.45, 7) is 2.15. The van der Waals surface area contributed by atoms with Crippen molar-refractivity contribution in [2.75, 3.05) is 18.5 Å². The molecule has 1 heterocycles. The number of hydrogen-bond donors (Lipinski definition) is 2. The number of anilines is 1. The lowest BCUT2D eigenvalue weighted by Gasteiger charge is -2.27. The fraction of sp³-hybridized carbons (Fsp3) is 0.333. The van der Waals surface area contributed by atoms with Gasteiger partial charge in [-0.3, -0.25) is 19.7 Å². The third kappa shape index (κ3) is 5.25. The molecule has 0 aromatic heterocycles. The minimum Gasteiger partial charge on any atom is -0.493 e. The third-order valence-electron chi connectivity index (χ3n) is 4.70. The van der Waals surface area contributed by atoms with Crippen LogP contribution in [0.3, 0.4) is 0 Å². The molecule has 158 valence electrons. The number of carbonyl (C=O) groups excluding carboxylic acids is 2. The predicted molar refractivity (Wildman–Crippen MR) is 109 cm³/mol. The van der Waals surface area contributed by atoms with E-state index >= 15 is 0 Å². The minimum absolute atomic E-state index is 0.0379. The zero-order chi connectivity index (χ0) is 21.5. The van der Waals surface area contributed by atoms with Crippen LogP contribution in [0.15, 0.2) is 48.5 Å². The van der Waals surface area contributed by atoms with Gasteiger partial charge in [0.05, 0.1) is 24.0 Å². The third-order valence-corrected chi connectivity index (χ3v) is 4.70. The highest BCUT2D eigenvalue weighted by molar-refractivity contribution is 5.84. The molecule has 2 unspecified atom stereocenters. The number of carbonyl (C=O) groups is 2. The molecular weight excluding hydrogens is 390 g/mol. The summed E-state index contributed by atoms with van der Waals surface area (Å²) in [5.41, 5.74) is 1.14. The Kier molecular flexibility index (Phi) is 6.84. The van der Waals surface area contributed by atoms with Crippen LogP contribution in [0.2, 0.25) is 0 Å². The van der Waals surface area contributed by atoms with Crippen molar-refractivity contribution >= 4 is 23.3 Å². The average molecular weight is 413 g/mol. The molecule has 2 aromatic carbocycles. The molecule has 1 amide bonds. The van der Waals surface area contributed by atoms with Crippen molar-refractivity contribution in [3.63, 3.8) is 0 Å². The normalized spacial score (nSPS) is 15.8. The Morgan fingerprint density at radius 2 is 1.97 bits per heavy atom. The van der Waals surface area contributed by atoms with Crippen molar-refractivity contribution in [3.8, 4) is 5.75 Å². The second-order valence-corrected chi connectivity index (χ2v) is 6.82. The van der Waals surface area contributed by atoms with Gasteiger partial charge in [0, 0.05) is 24.6 Å². The highest BCUT2D eigenvalue weighted by Gasteiger charge is 2.26. The van der Waals surface area contributed by atoms with Crippen molar-refractivity contribution in [2.24, 2.45) is 0 Å². The molecule has 9 heteroatoms. The molecule has 0 radical (unpaired) electrons. The number of nitrogens with one attached hydrogen (secondary N) is 2.